The topological polar surface area (TPSA) is 102 Å². The molecule has 3 aromatic rings. The van der Waals surface area contributed by atoms with Crippen molar-refractivity contribution in [2.45, 2.75) is 37.9 Å². The number of nitrogens with two attached hydrogens (primary N) is 1. The predicted octanol–water partition coefficient (Wildman–Crippen LogP) is 4.64. The molecule has 0 aliphatic rings. The van der Waals surface area contributed by atoms with E-state index in [1.807, 2.05) is 0 Å². The molecule has 0 aliphatic heterocycles. The standard InChI is InChI=1S/C25H25F4N3O3S/c1-14-5-4-6-17(11-14)22-18(8-10-21(32-22)25(27,28)29)13-31-24(33)15(2)16-7-9-19(20(26)12-16)23(30)36(3,34)35/h4-12,15,23H,13,30H2,1-3H3,(H,31,33)/t15-,23?/m0/s1. The second-order valence-electron chi connectivity index (χ2n) is 8.54. The van der Waals surface area contributed by atoms with Gasteiger partial charge in [-0.1, -0.05) is 42.0 Å². The summed E-state index contributed by atoms with van der Waals surface area (Å²) in [7, 11) is -3.73. The summed E-state index contributed by atoms with van der Waals surface area (Å²) in [5, 5.41) is 1.12. The molecule has 0 aliphatic carbocycles. The number of aromatic nitrogens is 1. The molecule has 0 saturated heterocycles. The Morgan fingerprint density at radius 1 is 1.11 bits per heavy atom. The van der Waals surface area contributed by atoms with Crippen molar-refractivity contribution in [3.63, 3.8) is 0 Å². The van der Waals surface area contributed by atoms with Gasteiger partial charge in [0.2, 0.25) is 5.91 Å². The number of nitrogens with one attached hydrogen (secondary N) is 1. The Balaban J connectivity index is 1.83. The first-order valence-corrected chi connectivity index (χ1v) is 12.8. The summed E-state index contributed by atoms with van der Waals surface area (Å²) in [5.41, 5.74) is 6.37. The lowest BCUT2D eigenvalue weighted by Gasteiger charge is -2.17. The first-order chi connectivity index (χ1) is 16.7. The van der Waals surface area contributed by atoms with E-state index in [0.29, 0.717) is 11.1 Å². The number of amides is 1. The Kier molecular flexibility index (Phi) is 7.85. The summed E-state index contributed by atoms with van der Waals surface area (Å²) in [4.78, 5) is 16.6. The van der Waals surface area contributed by atoms with Crippen LogP contribution in [0.5, 0.6) is 0 Å². The molecule has 1 heterocycles. The molecule has 2 aromatic carbocycles. The molecule has 0 bridgehead atoms. The molecule has 0 saturated carbocycles. The number of carbonyl (C=O) groups excluding carboxylic acids is 1. The van der Waals surface area contributed by atoms with Crippen molar-refractivity contribution in [2.75, 3.05) is 6.26 Å². The quantitative estimate of drug-likeness (QED) is 0.440. The molecular weight excluding hydrogens is 498 g/mol. The second-order valence-corrected chi connectivity index (χ2v) is 10.7. The molecular formula is C25H25F4N3O3S. The van der Waals surface area contributed by atoms with Gasteiger partial charge < -0.3 is 11.1 Å². The average molecular weight is 524 g/mol. The van der Waals surface area contributed by atoms with Crippen LogP contribution in [0.4, 0.5) is 17.6 Å². The molecule has 2 atom stereocenters. The van der Waals surface area contributed by atoms with Gasteiger partial charge in [0.1, 0.15) is 16.9 Å². The fourth-order valence-corrected chi connectivity index (χ4v) is 4.24. The summed E-state index contributed by atoms with van der Waals surface area (Å²) in [6.07, 6.45) is -3.74. The zero-order chi connectivity index (χ0) is 26.8. The molecule has 3 rings (SSSR count). The number of nitrogens with zero attached hydrogens (tertiary/aromatic N) is 1. The van der Waals surface area contributed by atoms with Gasteiger partial charge >= 0.3 is 6.18 Å². The normalized spacial score (nSPS) is 13.8. The van der Waals surface area contributed by atoms with Gasteiger partial charge in [-0.15, -0.1) is 0 Å². The molecule has 1 aromatic heterocycles. The Labute approximate surface area is 206 Å². The van der Waals surface area contributed by atoms with Gasteiger partial charge in [0, 0.05) is 23.9 Å². The highest BCUT2D eigenvalue weighted by Crippen LogP contribution is 2.32. The van der Waals surface area contributed by atoms with Crippen LogP contribution in [0.15, 0.2) is 54.6 Å². The minimum absolute atomic E-state index is 0.0895. The molecule has 3 N–H and O–H groups in total. The van der Waals surface area contributed by atoms with Crippen molar-refractivity contribution in [1.29, 1.82) is 0 Å². The highest BCUT2D eigenvalue weighted by Gasteiger charge is 2.33. The van der Waals surface area contributed by atoms with Crippen molar-refractivity contribution in [2.24, 2.45) is 5.73 Å². The van der Waals surface area contributed by atoms with Gasteiger partial charge in [-0.3, -0.25) is 4.79 Å². The third kappa shape index (κ3) is 6.27. The number of alkyl halides is 3. The van der Waals surface area contributed by atoms with E-state index >= 15 is 0 Å². The van der Waals surface area contributed by atoms with Crippen LogP contribution in [0.3, 0.4) is 0 Å². The number of carbonyl (C=O) groups is 1. The maximum Gasteiger partial charge on any atom is 0.433 e. The summed E-state index contributed by atoms with van der Waals surface area (Å²) < 4.78 is 77.6. The lowest BCUT2D eigenvalue weighted by Crippen LogP contribution is -2.28. The third-order valence-corrected chi connectivity index (χ3v) is 6.88. The molecule has 0 fully saturated rings. The van der Waals surface area contributed by atoms with E-state index in [1.54, 1.807) is 31.2 Å². The predicted molar refractivity (Wildman–Crippen MR) is 128 cm³/mol. The van der Waals surface area contributed by atoms with Gasteiger partial charge in [0.05, 0.1) is 11.6 Å². The number of hydrogen-bond acceptors (Lipinski definition) is 5. The number of pyridine rings is 1. The van der Waals surface area contributed by atoms with Crippen LogP contribution in [0.1, 0.15) is 46.2 Å². The maximum absolute atomic E-state index is 14.5. The summed E-state index contributed by atoms with van der Waals surface area (Å²) >= 11 is 0. The molecule has 0 spiro atoms. The lowest BCUT2D eigenvalue weighted by atomic mass is 9.98. The van der Waals surface area contributed by atoms with Crippen molar-refractivity contribution in [3.8, 4) is 11.3 Å². The Bertz CT molecular complexity index is 1390. The summed E-state index contributed by atoms with van der Waals surface area (Å²) in [5.74, 6) is -2.21. The van der Waals surface area contributed by atoms with Crippen LogP contribution in [-0.2, 0) is 27.4 Å². The smallest absolute Gasteiger partial charge is 0.351 e. The van der Waals surface area contributed by atoms with Gasteiger partial charge in [-0.05, 0) is 43.2 Å². The number of benzene rings is 2. The van der Waals surface area contributed by atoms with Crippen LogP contribution >= 0.6 is 0 Å². The van der Waals surface area contributed by atoms with E-state index in [1.165, 1.54) is 25.1 Å². The minimum atomic E-state index is -4.63. The van der Waals surface area contributed by atoms with E-state index in [9.17, 15) is 30.8 Å². The van der Waals surface area contributed by atoms with E-state index in [0.717, 1.165) is 24.0 Å². The number of hydrogen-bond donors (Lipinski definition) is 2. The van der Waals surface area contributed by atoms with Crippen LogP contribution in [0, 0.1) is 12.7 Å². The van der Waals surface area contributed by atoms with Crippen LogP contribution in [0.2, 0.25) is 0 Å². The largest absolute Gasteiger partial charge is 0.433 e. The van der Waals surface area contributed by atoms with Crippen molar-refractivity contribution < 1.29 is 30.8 Å². The SMILES string of the molecule is Cc1cccc(-c2nc(C(F)(F)F)ccc2CNC(=O)[C@@H](C)c2ccc(C(N)S(C)(=O)=O)c(F)c2)c1. The second kappa shape index (κ2) is 10.4. The number of sulfone groups is 1. The first-order valence-electron chi connectivity index (χ1n) is 10.8. The van der Waals surface area contributed by atoms with Gasteiger partial charge in [0.25, 0.3) is 0 Å². The Morgan fingerprint density at radius 3 is 2.39 bits per heavy atom. The average Bonchev–Trinajstić information content (AvgIpc) is 2.80. The van der Waals surface area contributed by atoms with E-state index in [-0.39, 0.29) is 23.4 Å². The lowest BCUT2D eigenvalue weighted by molar-refractivity contribution is -0.141. The monoisotopic (exact) mass is 523 g/mol. The molecule has 6 nitrogen and oxygen atoms in total. The van der Waals surface area contributed by atoms with Gasteiger partial charge in [0.15, 0.2) is 9.84 Å². The fraction of sp³-hybridized carbons (Fsp3) is 0.280. The van der Waals surface area contributed by atoms with E-state index < -0.39 is 44.7 Å². The minimum Gasteiger partial charge on any atom is -0.351 e. The zero-order valence-corrected chi connectivity index (χ0v) is 20.5. The Morgan fingerprint density at radius 2 is 1.81 bits per heavy atom. The number of aryl methyl sites for hydroxylation is 1. The highest BCUT2D eigenvalue weighted by molar-refractivity contribution is 7.90. The first kappa shape index (κ1) is 27.3. The Hall–Kier alpha value is -3.31. The highest BCUT2D eigenvalue weighted by atomic mass is 32.2. The van der Waals surface area contributed by atoms with Crippen LogP contribution < -0.4 is 11.1 Å². The molecule has 11 heteroatoms. The number of halogens is 4. The molecule has 0 radical (unpaired) electrons. The molecule has 1 amide bonds. The zero-order valence-electron chi connectivity index (χ0n) is 19.7. The molecule has 192 valence electrons. The van der Waals surface area contributed by atoms with Crippen molar-refractivity contribution in [3.05, 3.63) is 88.4 Å². The van der Waals surface area contributed by atoms with Crippen LogP contribution in [-0.4, -0.2) is 25.6 Å². The molecule has 36 heavy (non-hydrogen) atoms. The fourth-order valence-electron chi connectivity index (χ4n) is 3.59. The van der Waals surface area contributed by atoms with Crippen molar-refractivity contribution >= 4 is 15.7 Å². The van der Waals surface area contributed by atoms with Crippen LogP contribution in [0.25, 0.3) is 11.3 Å². The summed E-state index contributed by atoms with van der Waals surface area (Å²) in [6, 6.07) is 12.6. The van der Waals surface area contributed by atoms with E-state index in [4.69, 9.17) is 5.73 Å². The van der Waals surface area contributed by atoms with Gasteiger partial charge in [-0.25, -0.2) is 17.8 Å². The maximum atomic E-state index is 14.5. The number of rotatable bonds is 7. The van der Waals surface area contributed by atoms with Gasteiger partial charge in [-0.2, -0.15) is 13.2 Å². The van der Waals surface area contributed by atoms with E-state index in [2.05, 4.69) is 10.3 Å². The molecule has 1 unspecified atom stereocenters. The summed E-state index contributed by atoms with van der Waals surface area (Å²) in [6.45, 7) is 3.21. The van der Waals surface area contributed by atoms with Crippen molar-refractivity contribution in [1.82, 2.24) is 10.3 Å². The third-order valence-electron chi connectivity index (χ3n) is 5.70.